The zero-order valence-corrected chi connectivity index (χ0v) is 12.6. The SMILES string of the molecule is CCCNC(CCc1ccccc1)c1ccc(C)cc1. The summed E-state index contributed by atoms with van der Waals surface area (Å²) in [7, 11) is 0. The first-order valence-electron chi connectivity index (χ1n) is 7.63. The molecule has 106 valence electrons. The van der Waals surface area contributed by atoms with Gasteiger partial charge in [-0.2, -0.15) is 0 Å². The number of hydrogen-bond donors (Lipinski definition) is 1. The molecule has 0 aliphatic heterocycles. The predicted molar refractivity (Wildman–Crippen MR) is 87.0 cm³/mol. The van der Waals surface area contributed by atoms with E-state index in [9.17, 15) is 0 Å². The summed E-state index contributed by atoms with van der Waals surface area (Å²) in [5.41, 5.74) is 4.15. The molecule has 0 aromatic heterocycles. The lowest BCUT2D eigenvalue weighted by molar-refractivity contribution is 0.499. The highest BCUT2D eigenvalue weighted by molar-refractivity contribution is 5.24. The molecule has 1 unspecified atom stereocenters. The summed E-state index contributed by atoms with van der Waals surface area (Å²) >= 11 is 0. The number of hydrogen-bond acceptors (Lipinski definition) is 1. The third-order valence-corrected chi connectivity index (χ3v) is 3.68. The fourth-order valence-electron chi connectivity index (χ4n) is 2.46. The largest absolute Gasteiger partial charge is 0.310 e. The first kappa shape index (κ1) is 14.8. The van der Waals surface area contributed by atoms with E-state index in [-0.39, 0.29) is 0 Å². The number of aryl methyl sites for hydroxylation is 2. The number of nitrogens with one attached hydrogen (secondary N) is 1. The molecule has 2 aromatic rings. The molecule has 0 radical (unpaired) electrons. The van der Waals surface area contributed by atoms with Crippen LogP contribution in [0.3, 0.4) is 0 Å². The van der Waals surface area contributed by atoms with Crippen LogP contribution in [0.5, 0.6) is 0 Å². The fourth-order valence-corrected chi connectivity index (χ4v) is 2.46. The molecule has 0 bridgehead atoms. The van der Waals surface area contributed by atoms with E-state index < -0.39 is 0 Å². The Morgan fingerprint density at radius 1 is 0.950 bits per heavy atom. The second kappa shape index (κ2) is 7.86. The van der Waals surface area contributed by atoms with Crippen molar-refractivity contribution in [1.82, 2.24) is 5.32 Å². The van der Waals surface area contributed by atoms with Crippen LogP contribution < -0.4 is 5.32 Å². The Morgan fingerprint density at radius 3 is 2.30 bits per heavy atom. The third kappa shape index (κ3) is 4.50. The highest BCUT2D eigenvalue weighted by Crippen LogP contribution is 2.20. The van der Waals surface area contributed by atoms with Gasteiger partial charge in [-0.15, -0.1) is 0 Å². The Bertz CT molecular complexity index is 487. The lowest BCUT2D eigenvalue weighted by Crippen LogP contribution is -2.22. The van der Waals surface area contributed by atoms with E-state index in [2.05, 4.69) is 73.8 Å². The summed E-state index contributed by atoms with van der Waals surface area (Å²) in [4.78, 5) is 0. The highest BCUT2D eigenvalue weighted by Gasteiger charge is 2.10. The Balaban J connectivity index is 2.01. The van der Waals surface area contributed by atoms with Crippen molar-refractivity contribution in [2.45, 2.75) is 39.2 Å². The highest BCUT2D eigenvalue weighted by atomic mass is 14.9. The van der Waals surface area contributed by atoms with Crippen LogP contribution in [-0.4, -0.2) is 6.54 Å². The Hall–Kier alpha value is -1.60. The van der Waals surface area contributed by atoms with Crippen molar-refractivity contribution in [2.75, 3.05) is 6.54 Å². The van der Waals surface area contributed by atoms with Gasteiger partial charge in [-0.25, -0.2) is 0 Å². The molecule has 2 rings (SSSR count). The lowest BCUT2D eigenvalue weighted by atomic mass is 9.98. The van der Waals surface area contributed by atoms with E-state index in [1.54, 1.807) is 0 Å². The molecule has 20 heavy (non-hydrogen) atoms. The lowest BCUT2D eigenvalue weighted by Gasteiger charge is -2.19. The van der Waals surface area contributed by atoms with Crippen molar-refractivity contribution in [3.63, 3.8) is 0 Å². The molecule has 0 aliphatic rings. The minimum Gasteiger partial charge on any atom is -0.310 e. The minimum absolute atomic E-state index is 0.454. The first-order valence-corrected chi connectivity index (χ1v) is 7.63. The standard InChI is InChI=1S/C19H25N/c1-3-15-20-19(18-12-9-16(2)10-13-18)14-11-17-7-5-4-6-8-17/h4-10,12-13,19-20H,3,11,14-15H2,1-2H3. The zero-order chi connectivity index (χ0) is 14.2. The van der Waals surface area contributed by atoms with Crippen molar-refractivity contribution in [2.24, 2.45) is 0 Å². The second-order valence-electron chi connectivity index (χ2n) is 5.44. The summed E-state index contributed by atoms with van der Waals surface area (Å²) in [6.07, 6.45) is 3.44. The van der Waals surface area contributed by atoms with Gasteiger partial charge in [0, 0.05) is 6.04 Å². The van der Waals surface area contributed by atoms with Crippen molar-refractivity contribution >= 4 is 0 Å². The molecule has 0 saturated carbocycles. The van der Waals surface area contributed by atoms with Gasteiger partial charge in [0.1, 0.15) is 0 Å². The van der Waals surface area contributed by atoms with Crippen molar-refractivity contribution in [1.29, 1.82) is 0 Å². The second-order valence-corrected chi connectivity index (χ2v) is 5.44. The van der Waals surface area contributed by atoms with Gasteiger partial charge < -0.3 is 5.32 Å². The molecule has 1 nitrogen and oxygen atoms in total. The van der Waals surface area contributed by atoms with E-state index in [1.807, 2.05) is 0 Å². The van der Waals surface area contributed by atoms with Crippen LogP contribution in [0.4, 0.5) is 0 Å². The maximum absolute atomic E-state index is 3.68. The molecule has 0 spiro atoms. The third-order valence-electron chi connectivity index (χ3n) is 3.68. The maximum Gasteiger partial charge on any atom is 0.0323 e. The van der Waals surface area contributed by atoms with Gasteiger partial charge in [0.05, 0.1) is 0 Å². The molecule has 1 N–H and O–H groups in total. The Kier molecular flexibility index (Phi) is 5.82. The summed E-state index contributed by atoms with van der Waals surface area (Å²) in [6, 6.07) is 20.1. The molecule has 0 saturated heterocycles. The van der Waals surface area contributed by atoms with Gasteiger partial charge in [-0.3, -0.25) is 0 Å². The molecular weight excluding hydrogens is 242 g/mol. The molecule has 2 aromatic carbocycles. The maximum atomic E-state index is 3.68. The van der Waals surface area contributed by atoms with Crippen molar-refractivity contribution in [3.8, 4) is 0 Å². The van der Waals surface area contributed by atoms with Crippen LogP contribution in [0.2, 0.25) is 0 Å². The van der Waals surface area contributed by atoms with E-state index in [0.29, 0.717) is 6.04 Å². The normalized spacial score (nSPS) is 12.3. The topological polar surface area (TPSA) is 12.0 Å². The van der Waals surface area contributed by atoms with Crippen LogP contribution in [0, 0.1) is 6.92 Å². The molecule has 1 atom stereocenters. The molecule has 0 heterocycles. The smallest absolute Gasteiger partial charge is 0.0323 e. The first-order chi connectivity index (χ1) is 9.79. The number of benzene rings is 2. The Labute approximate surface area is 123 Å². The van der Waals surface area contributed by atoms with Gasteiger partial charge in [0.15, 0.2) is 0 Å². The van der Waals surface area contributed by atoms with E-state index in [4.69, 9.17) is 0 Å². The van der Waals surface area contributed by atoms with E-state index in [0.717, 1.165) is 19.4 Å². The van der Waals surface area contributed by atoms with Crippen LogP contribution in [0.1, 0.15) is 42.5 Å². The summed E-state index contributed by atoms with van der Waals surface area (Å²) in [5, 5.41) is 3.68. The molecule has 0 amide bonds. The van der Waals surface area contributed by atoms with Crippen molar-refractivity contribution < 1.29 is 0 Å². The van der Waals surface area contributed by atoms with Crippen LogP contribution >= 0.6 is 0 Å². The van der Waals surface area contributed by atoms with Gasteiger partial charge >= 0.3 is 0 Å². The van der Waals surface area contributed by atoms with Gasteiger partial charge in [0.25, 0.3) is 0 Å². The van der Waals surface area contributed by atoms with Crippen LogP contribution in [-0.2, 0) is 6.42 Å². The fraction of sp³-hybridized carbons (Fsp3) is 0.368. The number of rotatable bonds is 7. The average molecular weight is 267 g/mol. The summed E-state index contributed by atoms with van der Waals surface area (Å²) < 4.78 is 0. The van der Waals surface area contributed by atoms with E-state index >= 15 is 0 Å². The van der Waals surface area contributed by atoms with Crippen molar-refractivity contribution in [3.05, 3.63) is 71.3 Å². The minimum atomic E-state index is 0.454. The zero-order valence-electron chi connectivity index (χ0n) is 12.6. The molecular formula is C19H25N. The van der Waals surface area contributed by atoms with Gasteiger partial charge in [0.2, 0.25) is 0 Å². The Morgan fingerprint density at radius 2 is 1.65 bits per heavy atom. The predicted octanol–water partition coefficient (Wildman–Crippen LogP) is 4.67. The molecule has 0 aliphatic carbocycles. The van der Waals surface area contributed by atoms with Crippen LogP contribution in [0.15, 0.2) is 54.6 Å². The summed E-state index contributed by atoms with van der Waals surface area (Å²) in [5.74, 6) is 0. The quantitative estimate of drug-likeness (QED) is 0.768. The molecule has 1 heteroatoms. The molecule has 0 fully saturated rings. The van der Waals surface area contributed by atoms with E-state index in [1.165, 1.54) is 23.1 Å². The van der Waals surface area contributed by atoms with Crippen LogP contribution in [0.25, 0.3) is 0 Å². The average Bonchev–Trinajstić information content (AvgIpc) is 2.50. The van der Waals surface area contributed by atoms with Gasteiger partial charge in [-0.05, 0) is 43.9 Å². The monoisotopic (exact) mass is 267 g/mol. The summed E-state index contributed by atoms with van der Waals surface area (Å²) in [6.45, 7) is 5.44. The van der Waals surface area contributed by atoms with Gasteiger partial charge in [-0.1, -0.05) is 67.1 Å².